The van der Waals surface area contributed by atoms with Crippen LogP contribution in [-0.2, 0) is 9.59 Å². The van der Waals surface area contributed by atoms with Gasteiger partial charge in [-0.2, -0.15) is 0 Å². The Morgan fingerprint density at radius 3 is 2.55 bits per heavy atom. The Kier molecular flexibility index (Phi) is 5.36. The van der Waals surface area contributed by atoms with Crippen LogP contribution in [0, 0.1) is 5.92 Å². The van der Waals surface area contributed by atoms with E-state index in [9.17, 15) is 9.59 Å². The van der Waals surface area contributed by atoms with E-state index in [1.807, 2.05) is 24.3 Å². The predicted molar refractivity (Wildman–Crippen MR) is 86.5 cm³/mol. The Morgan fingerprint density at radius 2 is 2.00 bits per heavy atom. The third kappa shape index (κ3) is 4.20. The number of aliphatic carboxylic acids is 1. The van der Waals surface area contributed by atoms with Gasteiger partial charge < -0.3 is 10.0 Å². The maximum absolute atomic E-state index is 12.0. The van der Waals surface area contributed by atoms with Gasteiger partial charge >= 0.3 is 5.97 Å². The molecule has 0 aliphatic carbocycles. The first kappa shape index (κ1) is 16.3. The van der Waals surface area contributed by atoms with E-state index < -0.39 is 11.9 Å². The summed E-state index contributed by atoms with van der Waals surface area (Å²) in [4.78, 5) is 24.6. The highest BCUT2D eigenvalue weighted by Crippen LogP contribution is 2.18. The lowest BCUT2D eigenvalue weighted by Crippen LogP contribution is -2.29. The summed E-state index contributed by atoms with van der Waals surface area (Å²) in [6.07, 6.45) is 4.66. The van der Waals surface area contributed by atoms with Crippen molar-refractivity contribution in [3.8, 4) is 0 Å². The Morgan fingerprint density at radius 1 is 1.32 bits per heavy atom. The summed E-state index contributed by atoms with van der Waals surface area (Å²) >= 11 is 0. The van der Waals surface area contributed by atoms with E-state index in [0.717, 1.165) is 5.56 Å². The Hall–Kier alpha value is -2.10. The van der Waals surface area contributed by atoms with Crippen LogP contribution in [0.1, 0.15) is 43.7 Å². The Bertz CT molecular complexity index is 560. The molecule has 0 bridgehead atoms. The zero-order valence-corrected chi connectivity index (χ0v) is 13.2. The van der Waals surface area contributed by atoms with Crippen molar-refractivity contribution in [3.63, 3.8) is 0 Å². The van der Waals surface area contributed by atoms with Crippen molar-refractivity contribution in [1.82, 2.24) is 4.90 Å². The number of hydrogen-bond donors (Lipinski definition) is 1. The minimum absolute atomic E-state index is 0.00111. The number of carboxylic acid groups (broad SMARTS) is 1. The van der Waals surface area contributed by atoms with Crippen LogP contribution >= 0.6 is 0 Å². The number of carbonyl (C=O) groups is 2. The fraction of sp³-hybridized carbons (Fsp3) is 0.444. The number of carbonyl (C=O) groups excluding carboxylic acids is 1. The van der Waals surface area contributed by atoms with Crippen molar-refractivity contribution in [3.05, 3.63) is 41.5 Å². The highest BCUT2D eigenvalue weighted by Gasteiger charge is 2.30. The molecular weight excluding hydrogens is 278 g/mol. The van der Waals surface area contributed by atoms with Crippen LogP contribution in [0.15, 0.2) is 30.3 Å². The SMILES string of the molecule is CC(C)c1ccc(/C=C/CC(=O)N2CCC(C(=O)O)C2)cc1. The third-order valence-electron chi connectivity index (χ3n) is 4.10. The molecule has 0 aromatic heterocycles. The molecule has 1 heterocycles. The molecule has 0 radical (unpaired) electrons. The first-order valence-electron chi connectivity index (χ1n) is 7.74. The topological polar surface area (TPSA) is 57.6 Å². The molecule has 1 saturated heterocycles. The predicted octanol–water partition coefficient (Wildman–Crippen LogP) is 3.15. The molecule has 1 amide bonds. The molecule has 118 valence electrons. The molecule has 2 rings (SSSR count). The molecular formula is C18H23NO3. The number of amides is 1. The third-order valence-corrected chi connectivity index (χ3v) is 4.10. The van der Waals surface area contributed by atoms with Gasteiger partial charge in [0.05, 0.1) is 5.92 Å². The van der Waals surface area contributed by atoms with Gasteiger partial charge in [0.2, 0.25) is 5.91 Å². The Balaban J connectivity index is 1.84. The van der Waals surface area contributed by atoms with E-state index in [1.54, 1.807) is 4.90 Å². The molecule has 1 fully saturated rings. The van der Waals surface area contributed by atoms with Crippen molar-refractivity contribution < 1.29 is 14.7 Å². The number of benzene rings is 1. The van der Waals surface area contributed by atoms with Crippen molar-refractivity contribution in [2.24, 2.45) is 5.92 Å². The van der Waals surface area contributed by atoms with E-state index in [1.165, 1.54) is 5.56 Å². The van der Waals surface area contributed by atoms with E-state index in [2.05, 4.69) is 26.0 Å². The van der Waals surface area contributed by atoms with Crippen LogP contribution in [0.3, 0.4) is 0 Å². The maximum atomic E-state index is 12.0. The van der Waals surface area contributed by atoms with Crippen molar-refractivity contribution in [2.75, 3.05) is 13.1 Å². The first-order chi connectivity index (χ1) is 10.5. The molecule has 1 unspecified atom stereocenters. The largest absolute Gasteiger partial charge is 0.481 e. The summed E-state index contributed by atoms with van der Waals surface area (Å²) in [6, 6.07) is 8.30. The van der Waals surface area contributed by atoms with Gasteiger partial charge in [-0.3, -0.25) is 9.59 Å². The zero-order chi connectivity index (χ0) is 16.1. The van der Waals surface area contributed by atoms with E-state index >= 15 is 0 Å². The molecule has 1 atom stereocenters. The molecule has 22 heavy (non-hydrogen) atoms. The van der Waals surface area contributed by atoms with Gasteiger partial charge in [-0.25, -0.2) is 0 Å². The molecule has 4 nitrogen and oxygen atoms in total. The fourth-order valence-electron chi connectivity index (χ4n) is 2.61. The second-order valence-corrected chi connectivity index (χ2v) is 6.09. The summed E-state index contributed by atoms with van der Waals surface area (Å²) in [6.45, 7) is 5.20. The fourth-order valence-corrected chi connectivity index (χ4v) is 2.61. The van der Waals surface area contributed by atoms with Crippen molar-refractivity contribution >= 4 is 18.0 Å². The summed E-state index contributed by atoms with van der Waals surface area (Å²) in [5.74, 6) is -0.705. The summed E-state index contributed by atoms with van der Waals surface area (Å²) < 4.78 is 0. The van der Waals surface area contributed by atoms with Crippen LogP contribution < -0.4 is 0 Å². The summed E-state index contributed by atoms with van der Waals surface area (Å²) in [5, 5.41) is 8.95. The average Bonchev–Trinajstić information content (AvgIpc) is 2.98. The highest BCUT2D eigenvalue weighted by molar-refractivity contribution is 5.80. The normalized spacial score (nSPS) is 18.3. The smallest absolute Gasteiger partial charge is 0.308 e. The second-order valence-electron chi connectivity index (χ2n) is 6.09. The van der Waals surface area contributed by atoms with Crippen LogP contribution in [0.4, 0.5) is 0 Å². The Labute approximate surface area is 131 Å². The summed E-state index contributed by atoms with van der Waals surface area (Å²) in [5.41, 5.74) is 2.37. The van der Waals surface area contributed by atoms with Gasteiger partial charge in [0.1, 0.15) is 0 Å². The van der Waals surface area contributed by atoms with Crippen molar-refractivity contribution in [1.29, 1.82) is 0 Å². The number of rotatable bonds is 5. The van der Waals surface area contributed by atoms with Crippen LogP contribution in [0.2, 0.25) is 0 Å². The van der Waals surface area contributed by atoms with E-state index in [4.69, 9.17) is 5.11 Å². The lowest BCUT2D eigenvalue weighted by Gasteiger charge is -2.14. The van der Waals surface area contributed by atoms with Crippen LogP contribution in [0.25, 0.3) is 6.08 Å². The lowest BCUT2D eigenvalue weighted by molar-refractivity contribution is -0.141. The number of hydrogen-bond acceptors (Lipinski definition) is 2. The van der Waals surface area contributed by atoms with Gasteiger partial charge in [0, 0.05) is 19.5 Å². The van der Waals surface area contributed by atoms with Gasteiger partial charge in [-0.1, -0.05) is 50.3 Å². The van der Waals surface area contributed by atoms with Crippen molar-refractivity contribution in [2.45, 2.75) is 32.6 Å². The zero-order valence-electron chi connectivity index (χ0n) is 13.2. The molecule has 4 heteroatoms. The molecule has 0 saturated carbocycles. The van der Waals surface area contributed by atoms with Gasteiger partial charge in [0.25, 0.3) is 0 Å². The molecule has 0 spiro atoms. The minimum atomic E-state index is -0.809. The quantitative estimate of drug-likeness (QED) is 0.909. The lowest BCUT2D eigenvalue weighted by atomic mass is 10.0. The standard InChI is InChI=1S/C18H23NO3/c1-13(2)15-8-6-14(7-9-15)4-3-5-17(20)19-11-10-16(12-19)18(21)22/h3-4,6-9,13,16H,5,10-12H2,1-2H3,(H,21,22)/b4-3+. The minimum Gasteiger partial charge on any atom is -0.481 e. The molecule has 1 aromatic carbocycles. The highest BCUT2D eigenvalue weighted by atomic mass is 16.4. The molecule has 1 aromatic rings. The van der Waals surface area contributed by atoms with Crippen LogP contribution in [0.5, 0.6) is 0 Å². The number of carboxylic acids is 1. The summed E-state index contributed by atoms with van der Waals surface area (Å²) in [7, 11) is 0. The van der Waals surface area contributed by atoms with Gasteiger partial charge in [0.15, 0.2) is 0 Å². The number of likely N-dealkylation sites (tertiary alicyclic amines) is 1. The number of nitrogens with zero attached hydrogens (tertiary/aromatic N) is 1. The van der Waals surface area contributed by atoms with Gasteiger partial charge in [-0.15, -0.1) is 0 Å². The van der Waals surface area contributed by atoms with Gasteiger partial charge in [-0.05, 0) is 23.5 Å². The molecule has 1 N–H and O–H groups in total. The monoisotopic (exact) mass is 301 g/mol. The van der Waals surface area contributed by atoms with Crippen LogP contribution in [-0.4, -0.2) is 35.0 Å². The maximum Gasteiger partial charge on any atom is 0.308 e. The average molecular weight is 301 g/mol. The molecule has 1 aliphatic rings. The first-order valence-corrected chi connectivity index (χ1v) is 7.74. The second kappa shape index (κ2) is 7.25. The molecule has 1 aliphatic heterocycles. The van der Waals surface area contributed by atoms with E-state index in [-0.39, 0.29) is 5.91 Å². The van der Waals surface area contributed by atoms with E-state index in [0.29, 0.717) is 31.8 Å².